The van der Waals surface area contributed by atoms with E-state index in [2.05, 4.69) is 16.0 Å². The summed E-state index contributed by atoms with van der Waals surface area (Å²) in [6, 6.07) is 0. The van der Waals surface area contributed by atoms with E-state index in [0.717, 1.165) is 32.1 Å². The topological polar surface area (TPSA) is 191 Å². The average Bonchev–Trinajstić information content (AvgIpc) is 3.06. The van der Waals surface area contributed by atoms with E-state index >= 15 is 0 Å². The summed E-state index contributed by atoms with van der Waals surface area (Å²) in [6.07, 6.45) is 17.1. The Morgan fingerprint density at radius 2 is 0.729 bits per heavy atom. The van der Waals surface area contributed by atoms with Gasteiger partial charge in [0.2, 0.25) is 17.7 Å². The zero-order valence-electron chi connectivity index (χ0n) is 29.3. The van der Waals surface area contributed by atoms with Crippen molar-refractivity contribution in [3.63, 3.8) is 0 Å². The SMILES string of the molecule is O=C(O)CCCCCCCCCCCCCCCCC(=O)NCCOCCOCC(=O)NCCOCCOCC(=O)NCCOCCO. The van der Waals surface area contributed by atoms with Crippen molar-refractivity contribution in [1.29, 1.82) is 0 Å². The number of hydrogen-bond donors (Lipinski definition) is 5. The lowest BCUT2D eigenvalue weighted by Crippen LogP contribution is -2.32. The van der Waals surface area contributed by atoms with Crippen LogP contribution in [0.15, 0.2) is 0 Å². The summed E-state index contributed by atoms with van der Waals surface area (Å²) in [5.74, 6) is -1.16. The lowest BCUT2D eigenvalue weighted by atomic mass is 10.0. The molecule has 0 aliphatic heterocycles. The first-order valence-electron chi connectivity index (χ1n) is 18.0. The van der Waals surface area contributed by atoms with Crippen LogP contribution in [-0.2, 0) is 42.9 Å². The van der Waals surface area contributed by atoms with Gasteiger partial charge in [0, 0.05) is 32.5 Å². The Balaban J connectivity index is 3.30. The quantitative estimate of drug-likeness (QED) is 0.0599. The lowest BCUT2D eigenvalue weighted by molar-refractivity contribution is -0.137. The summed E-state index contributed by atoms with van der Waals surface area (Å²) < 4.78 is 26.3. The van der Waals surface area contributed by atoms with E-state index in [9.17, 15) is 19.2 Å². The molecule has 0 unspecified atom stereocenters. The molecule has 0 aromatic rings. The molecular weight excluding hydrogens is 626 g/mol. The van der Waals surface area contributed by atoms with Crippen LogP contribution in [0.1, 0.15) is 103 Å². The fraction of sp³-hybridized carbons (Fsp3) is 0.882. The van der Waals surface area contributed by atoms with Gasteiger partial charge in [-0.25, -0.2) is 0 Å². The third-order valence-electron chi connectivity index (χ3n) is 7.20. The molecule has 0 rings (SSSR count). The molecule has 0 aromatic carbocycles. The smallest absolute Gasteiger partial charge is 0.303 e. The van der Waals surface area contributed by atoms with Gasteiger partial charge in [-0.3, -0.25) is 19.2 Å². The van der Waals surface area contributed by atoms with E-state index < -0.39 is 5.97 Å². The molecule has 0 saturated carbocycles. The number of nitrogens with one attached hydrogen (secondary N) is 3. The molecule has 3 amide bonds. The van der Waals surface area contributed by atoms with Crippen molar-refractivity contribution in [2.45, 2.75) is 103 Å². The zero-order chi connectivity index (χ0) is 35.2. The number of hydrogen-bond acceptors (Lipinski definition) is 10. The predicted octanol–water partition coefficient (Wildman–Crippen LogP) is 2.74. The van der Waals surface area contributed by atoms with Crippen LogP contribution in [-0.4, -0.2) is 126 Å². The number of carboxylic acids is 1. The van der Waals surface area contributed by atoms with Crippen LogP contribution in [0.4, 0.5) is 0 Å². The van der Waals surface area contributed by atoms with Crippen molar-refractivity contribution >= 4 is 23.7 Å². The van der Waals surface area contributed by atoms with Crippen LogP contribution < -0.4 is 16.0 Å². The first-order chi connectivity index (χ1) is 23.5. The minimum absolute atomic E-state index is 0.0466. The normalized spacial score (nSPS) is 11.0. The minimum atomic E-state index is -0.692. The molecular formula is C34H65N3O11. The van der Waals surface area contributed by atoms with Crippen LogP contribution in [0.25, 0.3) is 0 Å². The Kier molecular flexibility index (Phi) is 35.6. The number of ether oxygens (including phenoxy) is 5. The van der Waals surface area contributed by atoms with Crippen molar-refractivity contribution < 1.29 is 53.1 Å². The predicted molar refractivity (Wildman–Crippen MR) is 182 cm³/mol. The number of carboxylic acid groups (broad SMARTS) is 1. The molecule has 14 nitrogen and oxygen atoms in total. The number of carbonyl (C=O) groups excluding carboxylic acids is 3. The molecule has 0 radical (unpaired) electrons. The van der Waals surface area contributed by atoms with Gasteiger partial charge in [-0.1, -0.05) is 77.0 Å². The maximum atomic E-state index is 12.0. The molecule has 0 heterocycles. The standard InChI is InChI=1S/C34H65N3O11/c38-20-24-44-21-18-36-32(40)29-48-28-26-46-23-19-37-33(41)30-47-27-25-45-22-17-35-31(39)15-13-11-9-7-5-3-1-2-4-6-8-10-12-14-16-34(42)43/h38H,1-30H2,(H,35,39)(H,36,40)(H,37,41)(H,42,43). The summed E-state index contributed by atoms with van der Waals surface area (Å²) in [6.45, 7) is 3.32. The summed E-state index contributed by atoms with van der Waals surface area (Å²) in [4.78, 5) is 45.8. The number of carbonyl (C=O) groups is 4. The molecule has 0 atom stereocenters. The summed E-state index contributed by atoms with van der Waals surface area (Å²) in [7, 11) is 0. The van der Waals surface area contributed by atoms with E-state index in [1.54, 1.807) is 0 Å². The van der Waals surface area contributed by atoms with Gasteiger partial charge < -0.3 is 49.8 Å². The Hall–Kier alpha value is -2.36. The highest BCUT2D eigenvalue weighted by Gasteiger charge is 2.04. The monoisotopic (exact) mass is 691 g/mol. The highest BCUT2D eigenvalue weighted by atomic mass is 16.5. The first-order valence-corrected chi connectivity index (χ1v) is 18.0. The fourth-order valence-electron chi connectivity index (χ4n) is 4.60. The Bertz CT molecular complexity index is 775. The van der Waals surface area contributed by atoms with Gasteiger partial charge in [-0.15, -0.1) is 0 Å². The van der Waals surface area contributed by atoms with Gasteiger partial charge in [0.05, 0.1) is 59.5 Å². The maximum Gasteiger partial charge on any atom is 0.303 e. The van der Waals surface area contributed by atoms with E-state index in [1.807, 2.05) is 0 Å². The van der Waals surface area contributed by atoms with Crippen molar-refractivity contribution in [3.05, 3.63) is 0 Å². The number of aliphatic hydroxyl groups is 1. The summed E-state index contributed by atoms with van der Waals surface area (Å²) in [5, 5.41) is 25.4. The maximum absolute atomic E-state index is 12.0. The Labute approximate surface area is 287 Å². The molecule has 48 heavy (non-hydrogen) atoms. The van der Waals surface area contributed by atoms with E-state index in [0.29, 0.717) is 65.5 Å². The van der Waals surface area contributed by atoms with Gasteiger partial charge in [-0.05, 0) is 12.8 Å². The van der Waals surface area contributed by atoms with Crippen molar-refractivity contribution in [2.75, 3.05) is 92.3 Å². The highest BCUT2D eigenvalue weighted by Crippen LogP contribution is 2.13. The highest BCUT2D eigenvalue weighted by molar-refractivity contribution is 5.77. The first kappa shape index (κ1) is 45.6. The lowest BCUT2D eigenvalue weighted by Gasteiger charge is -2.09. The van der Waals surface area contributed by atoms with E-state index in [-0.39, 0.29) is 57.4 Å². The number of aliphatic hydroxyl groups excluding tert-OH is 1. The van der Waals surface area contributed by atoms with Crippen LogP contribution in [0.5, 0.6) is 0 Å². The van der Waals surface area contributed by atoms with E-state index in [1.165, 1.54) is 57.8 Å². The second kappa shape index (κ2) is 37.5. The van der Waals surface area contributed by atoms with Gasteiger partial charge in [0.25, 0.3) is 0 Å². The third-order valence-corrected chi connectivity index (χ3v) is 7.20. The van der Waals surface area contributed by atoms with Gasteiger partial charge in [0.15, 0.2) is 0 Å². The second-order valence-corrected chi connectivity index (χ2v) is 11.6. The number of amides is 3. The van der Waals surface area contributed by atoms with Crippen molar-refractivity contribution in [1.82, 2.24) is 16.0 Å². The molecule has 0 aliphatic carbocycles. The summed E-state index contributed by atoms with van der Waals surface area (Å²) in [5.41, 5.74) is 0. The van der Waals surface area contributed by atoms with E-state index in [4.69, 9.17) is 33.9 Å². The largest absolute Gasteiger partial charge is 0.481 e. The van der Waals surface area contributed by atoms with Gasteiger partial charge >= 0.3 is 5.97 Å². The van der Waals surface area contributed by atoms with Crippen LogP contribution >= 0.6 is 0 Å². The molecule has 0 bridgehead atoms. The zero-order valence-corrected chi connectivity index (χ0v) is 29.3. The van der Waals surface area contributed by atoms with Crippen LogP contribution in [0, 0.1) is 0 Å². The van der Waals surface area contributed by atoms with Crippen LogP contribution in [0.2, 0.25) is 0 Å². The molecule has 0 aromatic heterocycles. The molecule has 0 fully saturated rings. The second-order valence-electron chi connectivity index (χ2n) is 11.6. The molecule has 282 valence electrons. The van der Waals surface area contributed by atoms with Crippen molar-refractivity contribution in [2.24, 2.45) is 0 Å². The molecule has 5 N–H and O–H groups in total. The number of unbranched alkanes of at least 4 members (excludes halogenated alkanes) is 13. The Morgan fingerprint density at radius 1 is 0.396 bits per heavy atom. The molecule has 0 spiro atoms. The van der Waals surface area contributed by atoms with Crippen LogP contribution in [0.3, 0.4) is 0 Å². The fourth-order valence-corrected chi connectivity index (χ4v) is 4.60. The molecule has 0 aliphatic rings. The molecule has 0 saturated heterocycles. The van der Waals surface area contributed by atoms with Crippen molar-refractivity contribution in [3.8, 4) is 0 Å². The molecule has 14 heteroatoms. The minimum Gasteiger partial charge on any atom is -0.481 e. The average molecular weight is 692 g/mol. The third kappa shape index (κ3) is 38.1. The Morgan fingerprint density at radius 3 is 1.12 bits per heavy atom. The van der Waals surface area contributed by atoms with Gasteiger partial charge in [0.1, 0.15) is 13.2 Å². The van der Waals surface area contributed by atoms with Gasteiger partial charge in [-0.2, -0.15) is 0 Å². The number of rotatable bonds is 38. The summed E-state index contributed by atoms with van der Waals surface area (Å²) >= 11 is 0. The number of aliphatic carboxylic acids is 1.